The molecule has 0 unspecified atom stereocenters. The van der Waals surface area contributed by atoms with Crippen LogP contribution in [0.1, 0.15) is 12.5 Å². The largest absolute Gasteiger partial charge is 0.381 e. The summed E-state index contributed by atoms with van der Waals surface area (Å²) in [5, 5.41) is 4.47. The molecule has 1 heterocycles. The SMILES string of the molecule is CC(=NOc1ncc(F)c(N)n1)c1ccc(Cl)cc1. The smallest absolute Gasteiger partial charge is 0.347 e. The highest BCUT2D eigenvalue weighted by Crippen LogP contribution is 2.12. The Morgan fingerprint density at radius 2 is 2.05 bits per heavy atom. The number of rotatable bonds is 3. The van der Waals surface area contributed by atoms with E-state index in [4.69, 9.17) is 22.2 Å². The Morgan fingerprint density at radius 1 is 1.37 bits per heavy atom. The molecule has 0 aliphatic carbocycles. The third-order valence-electron chi connectivity index (χ3n) is 2.28. The second-order valence-electron chi connectivity index (χ2n) is 3.66. The first-order valence-corrected chi connectivity index (χ1v) is 5.69. The number of nitrogen functional groups attached to an aromatic ring is 1. The van der Waals surface area contributed by atoms with Crippen molar-refractivity contribution in [1.82, 2.24) is 9.97 Å². The van der Waals surface area contributed by atoms with Gasteiger partial charge in [-0.15, -0.1) is 0 Å². The van der Waals surface area contributed by atoms with Gasteiger partial charge in [0.25, 0.3) is 0 Å². The quantitative estimate of drug-likeness (QED) is 0.693. The molecule has 5 nitrogen and oxygen atoms in total. The van der Waals surface area contributed by atoms with Crippen molar-refractivity contribution < 1.29 is 9.23 Å². The number of halogens is 2. The fraction of sp³-hybridized carbons (Fsp3) is 0.0833. The molecule has 0 bridgehead atoms. The summed E-state index contributed by atoms with van der Waals surface area (Å²) in [6.45, 7) is 1.75. The zero-order valence-corrected chi connectivity index (χ0v) is 10.7. The second-order valence-corrected chi connectivity index (χ2v) is 4.10. The van der Waals surface area contributed by atoms with Crippen LogP contribution in [0, 0.1) is 5.82 Å². The van der Waals surface area contributed by atoms with Gasteiger partial charge in [-0.2, -0.15) is 9.97 Å². The predicted octanol–water partition coefficient (Wildman–Crippen LogP) is 2.65. The van der Waals surface area contributed by atoms with Crippen LogP contribution in [0.3, 0.4) is 0 Å². The fourth-order valence-corrected chi connectivity index (χ4v) is 1.39. The average Bonchev–Trinajstić information content (AvgIpc) is 2.40. The molecule has 0 aliphatic heterocycles. The van der Waals surface area contributed by atoms with Crippen LogP contribution in [0.25, 0.3) is 0 Å². The van der Waals surface area contributed by atoms with E-state index in [2.05, 4.69) is 15.1 Å². The van der Waals surface area contributed by atoms with Crippen molar-refractivity contribution in [3.05, 3.63) is 46.9 Å². The molecule has 0 radical (unpaired) electrons. The van der Waals surface area contributed by atoms with E-state index in [9.17, 15) is 4.39 Å². The molecule has 0 saturated heterocycles. The minimum Gasteiger partial charge on any atom is -0.381 e. The molecule has 7 heteroatoms. The van der Waals surface area contributed by atoms with E-state index in [0.29, 0.717) is 10.7 Å². The summed E-state index contributed by atoms with van der Waals surface area (Å²) in [5.41, 5.74) is 6.72. The van der Waals surface area contributed by atoms with Gasteiger partial charge >= 0.3 is 6.01 Å². The number of nitrogens with two attached hydrogens (primary N) is 1. The van der Waals surface area contributed by atoms with Crippen molar-refractivity contribution in [2.24, 2.45) is 5.16 Å². The van der Waals surface area contributed by atoms with Gasteiger partial charge in [-0.25, -0.2) is 4.39 Å². The van der Waals surface area contributed by atoms with E-state index in [1.807, 2.05) is 0 Å². The summed E-state index contributed by atoms with van der Waals surface area (Å²) in [4.78, 5) is 12.2. The predicted molar refractivity (Wildman–Crippen MR) is 70.7 cm³/mol. The van der Waals surface area contributed by atoms with Gasteiger partial charge < -0.3 is 10.6 Å². The molecule has 0 aliphatic rings. The molecule has 19 heavy (non-hydrogen) atoms. The number of hydrogen-bond acceptors (Lipinski definition) is 5. The molecule has 0 atom stereocenters. The highest BCUT2D eigenvalue weighted by Gasteiger charge is 2.04. The first kappa shape index (κ1) is 13.2. The van der Waals surface area contributed by atoms with Crippen molar-refractivity contribution in [1.29, 1.82) is 0 Å². The lowest BCUT2D eigenvalue weighted by Crippen LogP contribution is -2.02. The molecule has 0 fully saturated rings. The molecule has 2 aromatic rings. The van der Waals surface area contributed by atoms with Gasteiger partial charge in [-0.3, -0.25) is 0 Å². The van der Waals surface area contributed by atoms with E-state index in [1.54, 1.807) is 31.2 Å². The Balaban J connectivity index is 2.13. The first-order valence-electron chi connectivity index (χ1n) is 5.32. The Bertz CT molecular complexity index is 616. The van der Waals surface area contributed by atoms with E-state index in [1.165, 1.54) is 0 Å². The third kappa shape index (κ3) is 3.38. The van der Waals surface area contributed by atoms with Crippen molar-refractivity contribution in [3.63, 3.8) is 0 Å². The summed E-state index contributed by atoms with van der Waals surface area (Å²) in [6, 6.07) is 6.95. The number of oxime groups is 1. The van der Waals surface area contributed by atoms with Gasteiger partial charge in [-0.05, 0) is 24.6 Å². The Labute approximate surface area is 113 Å². The Morgan fingerprint density at radius 3 is 2.68 bits per heavy atom. The standard InChI is InChI=1S/C12H10ClFN4O/c1-7(8-2-4-9(13)5-3-8)18-19-12-16-6-10(14)11(15)17-12/h2-6H,1H3,(H2,15,16,17). The zero-order valence-electron chi connectivity index (χ0n) is 9.97. The maximum absolute atomic E-state index is 12.8. The summed E-state index contributed by atoms with van der Waals surface area (Å²) < 4.78 is 12.8. The molecule has 0 spiro atoms. The molecule has 1 aromatic heterocycles. The van der Waals surface area contributed by atoms with Gasteiger partial charge in [0.05, 0.1) is 11.9 Å². The summed E-state index contributed by atoms with van der Waals surface area (Å²) in [7, 11) is 0. The highest BCUT2D eigenvalue weighted by molar-refractivity contribution is 6.30. The second kappa shape index (κ2) is 5.62. The average molecular weight is 281 g/mol. The van der Waals surface area contributed by atoms with Crippen LogP contribution in [-0.2, 0) is 0 Å². The number of nitrogens with zero attached hydrogens (tertiary/aromatic N) is 3. The zero-order chi connectivity index (χ0) is 13.8. The van der Waals surface area contributed by atoms with Crippen molar-refractivity contribution in [3.8, 4) is 6.01 Å². The molecule has 1 aromatic carbocycles. The number of aromatic nitrogens is 2. The van der Waals surface area contributed by atoms with Crippen LogP contribution < -0.4 is 10.6 Å². The first-order chi connectivity index (χ1) is 9.06. The molecular formula is C12H10ClFN4O. The monoisotopic (exact) mass is 280 g/mol. The van der Waals surface area contributed by atoms with Crippen LogP contribution in [0.5, 0.6) is 6.01 Å². The lowest BCUT2D eigenvalue weighted by atomic mass is 10.1. The fourth-order valence-electron chi connectivity index (χ4n) is 1.26. The Kier molecular flexibility index (Phi) is 3.91. The molecule has 0 amide bonds. The molecule has 0 saturated carbocycles. The summed E-state index contributed by atoms with van der Waals surface area (Å²) in [6.07, 6.45) is 0.921. The maximum atomic E-state index is 12.8. The van der Waals surface area contributed by atoms with Crippen molar-refractivity contribution in [2.45, 2.75) is 6.92 Å². The number of benzene rings is 1. The minimum atomic E-state index is -0.703. The van der Waals surface area contributed by atoms with Crippen LogP contribution >= 0.6 is 11.6 Å². The molecule has 2 N–H and O–H groups in total. The third-order valence-corrected chi connectivity index (χ3v) is 2.53. The maximum Gasteiger partial charge on any atom is 0.347 e. The summed E-state index contributed by atoms with van der Waals surface area (Å²) >= 11 is 5.78. The van der Waals surface area contributed by atoms with Crippen molar-refractivity contribution >= 4 is 23.1 Å². The van der Waals surface area contributed by atoms with Crippen LogP contribution in [0.2, 0.25) is 5.02 Å². The summed E-state index contributed by atoms with van der Waals surface area (Å²) in [5.74, 6) is -0.991. The Hall–Kier alpha value is -2.21. The molecule has 2 rings (SSSR count). The van der Waals surface area contributed by atoms with Gasteiger partial charge in [0.2, 0.25) is 0 Å². The van der Waals surface area contributed by atoms with Crippen LogP contribution in [0.4, 0.5) is 10.2 Å². The van der Waals surface area contributed by atoms with E-state index >= 15 is 0 Å². The van der Waals surface area contributed by atoms with E-state index in [-0.39, 0.29) is 11.8 Å². The number of anilines is 1. The molecular weight excluding hydrogens is 271 g/mol. The molecule has 98 valence electrons. The van der Waals surface area contributed by atoms with Gasteiger partial charge in [-0.1, -0.05) is 28.9 Å². The van der Waals surface area contributed by atoms with E-state index < -0.39 is 5.82 Å². The van der Waals surface area contributed by atoms with Gasteiger partial charge in [0, 0.05) is 5.02 Å². The number of hydrogen-bond donors (Lipinski definition) is 1. The normalized spacial score (nSPS) is 11.4. The van der Waals surface area contributed by atoms with Crippen molar-refractivity contribution in [2.75, 3.05) is 5.73 Å². The lowest BCUT2D eigenvalue weighted by molar-refractivity contribution is 0.311. The van der Waals surface area contributed by atoms with Gasteiger partial charge in [0.1, 0.15) is 0 Å². The van der Waals surface area contributed by atoms with Gasteiger partial charge in [0.15, 0.2) is 11.6 Å². The van der Waals surface area contributed by atoms with E-state index in [0.717, 1.165) is 11.8 Å². The van der Waals surface area contributed by atoms with Crippen LogP contribution in [0.15, 0.2) is 35.6 Å². The minimum absolute atomic E-state index is 0.118. The van der Waals surface area contributed by atoms with Crippen LogP contribution in [-0.4, -0.2) is 15.7 Å². The topological polar surface area (TPSA) is 73.4 Å². The highest BCUT2D eigenvalue weighted by atomic mass is 35.5. The lowest BCUT2D eigenvalue weighted by Gasteiger charge is -2.01.